The Kier molecular flexibility index (Phi) is 5.47. The van der Waals surface area contributed by atoms with Crippen LogP contribution in [0.5, 0.6) is 0 Å². The normalized spacial score (nSPS) is 11.4. The van der Waals surface area contributed by atoms with Crippen molar-refractivity contribution in [3.63, 3.8) is 0 Å². The first kappa shape index (κ1) is 17.5. The highest BCUT2D eigenvalue weighted by Crippen LogP contribution is 2.33. The average molecular weight is 355 g/mol. The predicted octanol–water partition coefficient (Wildman–Crippen LogP) is 1.35. The third-order valence-electron chi connectivity index (χ3n) is 2.89. The van der Waals surface area contributed by atoms with Gasteiger partial charge in [0.15, 0.2) is 5.13 Å². The number of aliphatic hydroxyl groups excluding tert-OH is 1. The maximum atomic E-state index is 12.1. The first-order valence-electron chi connectivity index (χ1n) is 6.79. The van der Waals surface area contributed by atoms with Crippen molar-refractivity contribution in [1.29, 1.82) is 0 Å². The molecule has 1 aromatic heterocycles. The largest absolute Gasteiger partial charge is 0.395 e. The summed E-state index contributed by atoms with van der Waals surface area (Å²) in [6.07, 6.45) is 0. The topological polar surface area (TPSA) is 108 Å². The number of sulfonamides is 1. The Morgan fingerprint density at radius 3 is 2.78 bits per heavy atom. The lowest BCUT2D eigenvalue weighted by molar-refractivity contribution is -0.114. The molecule has 0 unspecified atom stereocenters. The molecule has 1 aromatic carbocycles. The summed E-state index contributed by atoms with van der Waals surface area (Å²) < 4.78 is 26.5. The number of carbonyl (C=O) groups excluding carboxylic acids is 1. The van der Waals surface area contributed by atoms with Crippen LogP contribution in [0.4, 0.5) is 5.13 Å². The zero-order valence-corrected chi connectivity index (χ0v) is 14.3. The van der Waals surface area contributed by atoms with E-state index in [4.69, 9.17) is 5.11 Å². The summed E-state index contributed by atoms with van der Waals surface area (Å²) in [5.41, 5.74) is 1.40. The molecular weight excluding hydrogens is 338 g/mol. The molecule has 2 rings (SSSR count). The van der Waals surface area contributed by atoms with E-state index in [1.54, 1.807) is 19.1 Å². The van der Waals surface area contributed by atoms with E-state index in [1.165, 1.54) is 30.4 Å². The summed E-state index contributed by atoms with van der Waals surface area (Å²) in [6.45, 7) is 2.88. The van der Waals surface area contributed by atoms with Crippen LogP contribution in [0.15, 0.2) is 29.2 Å². The number of anilines is 1. The molecule has 0 bridgehead atoms. The number of amides is 1. The van der Waals surface area contributed by atoms with E-state index >= 15 is 0 Å². The van der Waals surface area contributed by atoms with Gasteiger partial charge < -0.3 is 10.4 Å². The van der Waals surface area contributed by atoms with Crippen LogP contribution in [0.1, 0.15) is 12.6 Å². The maximum Gasteiger partial charge on any atom is 0.240 e. The zero-order valence-electron chi connectivity index (χ0n) is 12.7. The van der Waals surface area contributed by atoms with Crippen molar-refractivity contribution in [3.8, 4) is 10.4 Å². The SMILES string of the molecule is CC(=O)Nc1nc(C)c(-c2cccc(S(=O)(=O)NCCO)c2)s1. The minimum atomic E-state index is -3.67. The van der Waals surface area contributed by atoms with Gasteiger partial charge in [-0.2, -0.15) is 0 Å². The summed E-state index contributed by atoms with van der Waals surface area (Å²) in [5.74, 6) is -0.213. The fraction of sp³-hybridized carbons (Fsp3) is 0.286. The Balaban J connectivity index is 2.37. The second-order valence-electron chi connectivity index (χ2n) is 4.76. The highest BCUT2D eigenvalue weighted by Gasteiger charge is 2.16. The average Bonchev–Trinajstić information content (AvgIpc) is 2.85. The van der Waals surface area contributed by atoms with Crippen molar-refractivity contribution in [3.05, 3.63) is 30.0 Å². The van der Waals surface area contributed by atoms with Gasteiger partial charge in [0.05, 0.1) is 22.1 Å². The molecule has 0 atom stereocenters. The van der Waals surface area contributed by atoms with Crippen LogP contribution in [-0.4, -0.2) is 37.6 Å². The van der Waals surface area contributed by atoms with Crippen molar-refractivity contribution in [2.24, 2.45) is 0 Å². The third-order valence-corrected chi connectivity index (χ3v) is 5.47. The number of hydrogen-bond acceptors (Lipinski definition) is 6. The van der Waals surface area contributed by atoms with Gasteiger partial charge in [-0.05, 0) is 24.6 Å². The number of nitrogens with zero attached hydrogens (tertiary/aromatic N) is 1. The van der Waals surface area contributed by atoms with E-state index in [-0.39, 0.29) is 24.0 Å². The molecule has 0 aliphatic rings. The van der Waals surface area contributed by atoms with Crippen LogP contribution in [0, 0.1) is 6.92 Å². The van der Waals surface area contributed by atoms with Gasteiger partial charge in [-0.15, -0.1) is 0 Å². The minimum Gasteiger partial charge on any atom is -0.395 e. The number of nitrogens with one attached hydrogen (secondary N) is 2. The van der Waals surface area contributed by atoms with E-state index in [2.05, 4.69) is 15.0 Å². The molecule has 3 N–H and O–H groups in total. The molecule has 124 valence electrons. The summed E-state index contributed by atoms with van der Waals surface area (Å²) in [6, 6.07) is 6.44. The van der Waals surface area contributed by atoms with Gasteiger partial charge in [0, 0.05) is 13.5 Å². The summed E-state index contributed by atoms with van der Waals surface area (Å²) in [4.78, 5) is 16.3. The van der Waals surface area contributed by atoms with Crippen molar-refractivity contribution in [2.45, 2.75) is 18.7 Å². The molecule has 1 amide bonds. The highest BCUT2D eigenvalue weighted by molar-refractivity contribution is 7.89. The van der Waals surface area contributed by atoms with Crippen LogP contribution >= 0.6 is 11.3 Å². The molecule has 0 saturated carbocycles. The van der Waals surface area contributed by atoms with E-state index < -0.39 is 10.0 Å². The lowest BCUT2D eigenvalue weighted by Gasteiger charge is -2.07. The van der Waals surface area contributed by atoms with Crippen molar-refractivity contribution < 1.29 is 18.3 Å². The number of aromatic nitrogens is 1. The van der Waals surface area contributed by atoms with E-state index in [0.717, 1.165) is 4.88 Å². The monoisotopic (exact) mass is 355 g/mol. The van der Waals surface area contributed by atoms with Gasteiger partial charge >= 0.3 is 0 Å². The molecule has 0 spiro atoms. The minimum absolute atomic E-state index is 0.0428. The molecule has 0 aliphatic heterocycles. The molecule has 0 saturated heterocycles. The standard InChI is InChI=1S/C14H17N3O4S2/c1-9-13(22-14(16-9)17-10(2)19)11-4-3-5-12(8-11)23(20,21)15-6-7-18/h3-5,8,15,18H,6-7H2,1-2H3,(H,16,17,19). The smallest absolute Gasteiger partial charge is 0.240 e. The number of benzene rings is 1. The van der Waals surface area contributed by atoms with E-state index in [9.17, 15) is 13.2 Å². The number of hydrogen-bond donors (Lipinski definition) is 3. The Morgan fingerprint density at radius 2 is 2.13 bits per heavy atom. The highest BCUT2D eigenvalue weighted by atomic mass is 32.2. The lowest BCUT2D eigenvalue weighted by Crippen LogP contribution is -2.26. The van der Waals surface area contributed by atoms with Crippen molar-refractivity contribution in [2.75, 3.05) is 18.5 Å². The van der Waals surface area contributed by atoms with E-state index in [1.807, 2.05) is 0 Å². The first-order chi connectivity index (χ1) is 10.8. The van der Waals surface area contributed by atoms with Crippen LogP contribution in [-0.2, 0) is 14.8 Å². The van der Waals surface area contributed by atoms with Crippen LogP contribution < -0.4 is 10.0 Å². The molecule has 0 aliphatic carbocycles. The van der Waals surface area contributed by atoms with E-state index in [0.29, 0.717) is 16.4 Å². The van der Waals surface area contributed by atoms with Crippen molar-refractivity contribution in [1.82, 2.24) is 9.71 Å². The van der Waals surface area contributed by atoms with Gasteiger partial charge in [-0.25, -0.2) is 18.1 Å². The van der Waals surface area contributed by atoms with Gasteiger partial charge in [-0.3, -0.25) is 4.79 Å². The fourth-order valence-corrected chi connectivity index (χ4v) is 4.01. The van der Waals surface area contributed by atoms with Crippen LogP contribution in [0.25, 0.3) is 10.4 Å². The van der Waals surface area contributed by atoms with Crippen molar-refractivity contribution >= 4 is 32.4 Å². The lowest BCUT2D eigenvalue weighted by atomic mass is 10.2. The van der Waals surface area contributed by atoms with Gasteiger partial charge in [0.25, 0.3) is 0 Å². The second-order valence-corrected chi connectivity index (χ2v) is 7.53. The van der Waals surface area contributed by atoms with Crippen LogP contribution in [0.2, 0.25) is 0 Å². The number of aliphatic hydroxyl groups is 1. The maximum absolute atomic E-state index is 12.1. The molecule has 0 fully saturated rings. The Labute approximate surface area is 138 Å². The second kappa shape index (κ2) is 7.18. The molecular formula is C14H17N3O4S2. The number of thiazole rings is 1. The van der Waals surface area contributed by atoms with Gasteiger partial charge in [-0.1, -0.05) is 23.5 Å². The summed E-state index contributed by atoms with van der Waals surface area (Å²) >= 11 is 1.28. The Hall–Kier alpha value is -1.81. The Morgan fingerprint density at radius 1 is 1.39 bits per heavy atom. The number of aryl methyl sites for hydroxylation is 1. The third kappa shape index (κ3) is 4.35. The van der Waals surface area contributed by atoms with Gasteiger partial charge in [0.2, 0.25) is 15.9 Å². The number of rotatable bonds is 6. The Bertz CT molecular complexity index is 815. The molecule has 23 heavy (non-hydrogen) atoms. The zero-order chi connectivity index (χ0) is 17.0. The quantitative estimate of drug-likeness (QED) is 0.725. The molecule has 9 heteroatoms. The molecule has 1 heterocycles. The number of carbonyl (C=O) groups is 1. The summed E-state index contributed by atoms with van der Waals surface area (Å²) in [7, 11) is -3.67. The molecule has 7 nitrogen and oxygen atoms in total. The molecule has 0 radical (unpaired) electrons. The predicted molar refractivity (Wildman–Crippen MR) is 88.9 cm³/mol. The molecule has 2 aromatic rings. The fourth-order valence-electron chi connectivity index (χ4n) is 1.94. The van der Waals surface area contributed by atoms with Crippen LogP contribution in [0.3, 0.4) is 0 Å². The first-order valence-corrected chi connectivity index (χ1v) is 9.09. The van der Waals surface area contributed by atoms with Gasteiger partial charge in [0.1, 0.15) is 0 Å². The summed E-state index contributed by atoms with van der Waals surface area (Å²) in [5, 5.41) is 11.8.